The van der Waals surface area contributed by atoms with E-state index in [1.807, 2.05) is 0 Å². The Morgan fingerprint density at radius 2 is 2.04 bits per heavy atom. The van der Waals surface area contributed by atoms with Gasteiger partial charge in [-0.15, -0.1) is 22.7 Å². The molecule has 0 aliphatic carbocycles. The fraction of sp³-hybridized carbons (Fsp3) is 0.118. The topological polar surface area (TPSA) is 62.3 Å². The Kier molecular flexibility index (Phi) is 5.98. The predicted octanol–water partition coefficient (Wildman–Crippen LogP) is 4.62. The number of rotatable bonds is 5. The second kappa shape index (κ2) is 8.24. The lowest BCUT2D eigenvalue weighted by Gasteiger charge is -2.15. The number of halogens is 3. The summed E-state index contributed by atoms with van der Waals surface area (Å²) in [4.78, 5) is 30.3. The molecule has 0 aliphatic rings. The summed E-state index contributed by atoms with van der Waals surface area (Å²) in [5, 5.41) is 4.32. The average molecular weight is 472 g/mol. The van der Waals surface area contributed by atoms with Crippen molar-refractivity contribution in [2.45, 2.75) is 0 Å². The van der Waals surface area contributed by atoms with Crippen molar-refractivity contribution in [1.82, 2.24) is 9.88 Å². The van der Waals surface area contributed by atoms with Crippen LogP contribution in [0.5, 0.6) is 0 Å². The maximum atomic E-state index is 13.8. The lowest BCUT2D eigenvalue weighted by molar-refractivity contribution is -0.116. The molecule has 1 aromatic carbocycles. The van der Waals surface area contributed by atoms with Gasteiger partial charge in [-0.3, -0.25) is 9.59 Å². The lowest BCUT2D eigenvalue weighted by Crippen LogP contribution is -2.34. The van der Waals surface area contributed by atoms with Crippen molar-refractivity contribution in [1.29, 1.82) is 0 Å². The third-order valence-electron chi connectivity index (χ3n) is 3.47. The van der Waals surface area contributed by atoms with Crippen LogP contribution in [0, 0.1) is 11.6 Å². The van der Waals surface area contributed by atoms with E-state index in [0.717, 1.165) is 33.3 Å². The Hall–Kier alpha value is -2.17. The Labute approximate surface area is 169 Å². The number of amides is 2. The van der Waals surface area contributed by atoms with Crippen LogP contribution in [0.3, 0.4) is 0 Å². The van der Waals surface area contributed by atoms with Gasteiger partial charge in [-0.1, -0.05) is 0 Å². The first-order valence-corrected chi connectivity index (χ1v) is 10.0. The van der Waals surface area contributed by atoms with E-state index in [4.69, 9.17) is 0 Å². The molecule has 0 bridgehead atoms. The molecule has 2 heterocycles. The van der Waals surface area contributed by atoms with Crippen molar-refractivity contribution in [3.8, 4) is 11.3 Å². The van der Waals surface area contributed by atoms with E-state index < -0.39 is 17.5 Å². The molecule has 5 nitrogen and oxygen atoms in total. The first kappa shape index (κ1) is 19.6. The van der Waals surface area contributed by atoms with Gasteiger partial charge < -0.3 is 10.2 Å². The van der Waals surface area contributed by atoms with Gasteiger partial charge in [0.25, 0.3) is 5.91 Å². The van der Waals surface area contributed by atoms with Crippen LogP contribution in [-0.2, 0) is 4.79 Å². The Morgan fingerprint density at radius 1 is 1.26 bits per heavy atom. The summed E-state index contributed by atoms with van der Waals surface area (Å²) in [5.74, 6) is -1.90. The number of nitrogens with zero attached hydrogens (tertiary/aromatic N) is 2. The number of thiophene rings is 1. The Balaban J connectivity index is 1.64. The Bertz CT molecular complexity index is 1010. The molecular formula is C17H12BrF2N3O2S2. The summed E-state index contributed by atoms with van der Waals surface area (Å²) in [6.07, 6.45) is 0. The Morgan fingerprint density at radius 3 is 2.74 bits per heavy atom. The number of nitrogens with one attached hydrogen (secondary N) is 1. The van der Waals surface area contributed by atoms with E-state index in [0.29, 0.717) is 4.88 Å². The molecule has 27 heavy (non-hydrogen) atoms. The van der Waals surface area contributed by atoms with Crippen LogP contribution in [0.4, 0.5) is 13.9 Å². The van der Waals surface area contributed by atoms with Gasteiger partial charge in [0.15, 0.2) is 5.13 Å². The summed E-state index contributed by atoms with van der Waals surface area (Å²) in [6.45, 7) is -0.169. The molecule has 0 spiro atoms. The molecule has 0 unspecified atom stereocenters. The van der Waals surface area contributed by atoms with E-state index in [-0.39, 0.29) is 28.8 Å². The van der Waals surface area contributed by atoms with E-state index in [1.165, 1.54) is 28.7 Å². The summed E-state index contributed by atoms with van der Waals surface area (Å²) >= 11 is 5.65. The number of carbonyl (C=O) groups is 2. The minimum atomic E-state index is -0.605. The minimum Gasteiger partial charge on any atom is -0.332 e. The molecule has 0 radical (unpaired) electrons. The molecule has 140 valence electrons. The maximum absolute atomic E-state index is 13.8. The number of likely N-dealkylation sites (N-methyl/N-ethyl adjacent to an activating group) is 1. The number of hydrogen-bond acceptors (Lipinski definition) is 5. The molecule has 1 N–H and O–H groups in total. The molecule has 3 rings (SSSR count). The standard InChI is InChI=1S/C17H12BrF2N3O2S2/c1-23(16(25)13-4-5-14(18)27-13)7-15(24)22-17-21-12(8-26-17)10-6-9(19)2-3-11(10)20/h2-6,8H,7H2,1H3,(H,21,22,24). The molecule has 0 saturated carbocycles. The number of hydrogen-bond donors (Lipinski definition) is 1. The monoisotopic (exact) mass is 471 g/mol. The molecule has 2 amide bonds. The van der Waals surface area contributed by atoms with Crippen LogP contribution in [0.2, 0.25) is 0 Å². The van der Waals surface area contributed by atoms with Gasteiger partial charge in [0.2, 0.25) is 5.91 Å². The summed E-state index contributed by atoms with van der Waals surface area (Å²) in [6, 6.07) is 6.51. The third-order valence-corrected chi connectivity index (χ3v) is 5.84. The first-order chi connectivity index (χ1) is 12.8. The van der Waals surface area contributed by atoms with Gasteiger partial charge in [-0.25, -0.2) is 13.8 Å². The lowest BCUT2D eigenvalue weighted by atomic mass is 10.1. The number of anilines is 1. The number of thiazole rings is 1. The van der Waals surface area contributed by atoms with Crippen LogP contribution in [0.1, 0.15) is 9.67 Å². The molecule has 0 saturated heterocycles. The first-order valence-electron chi connectivity index (χ1n) is 7.55. The van der Waals surface area contributed by atoms with Crippen LogP contribution >= 0.6 is 38.6 Å². The minimum absolute atomic E-state index is 0.0160. The highest BCUT2D eigenvalue weighted by Gasteiger charge is 2.18. The van der Waals surface area contributed by atoms with E-state index in [2.05, 4.69) is 26.2 Å². The van der Waals surface area contributed by atoms with Crippen LogP contribution in [-0.4, -0.2) is 35.3 Å². The van der Waals surface area contributed by atoms with Crippen molar-refractivity contribution in [3.05, 3.63) is 56.0 Å². The van der Waals surface area contributed by atoms with Crippen LogP contribution < -0.4 is 5.32 Å². The molecule has 3 aromatic rings. The van der Waals surface area contributed by atoms with Crippen molar-refractivity contribution in [3.63, 3.8) is 0 Å². The fourth-order valence-electron chi connectivity index (χ4n) is 2.21. The molecule has 10 heteroatoms. The molecule has 0 atom stereocenters. The number of carbonyl (C=O) groups excluding carboxylic acids is 2. The number of benzene rings is 1. The summed E-state index contributed by atoms with van der Waals surface area (Å²) in [7, 11) is 1.52. The van der Waals surface area contributed by atoms with Crippen molar-refractivity contribution >= 4 is 55.5 Å². The highest BCUT2D eigenvalue weighted by atomic mass is 79.9. The van der Waals surface area contributed by atoms with Crippen molar-refractivity contribution < 1.29 is 18.4 Å². The zero-order valence-corrected chi connectivity index (χ0v) is 17.1. The quantitative estimate of drug-likeness (QED) is 0.590. The van der Waals surface area contributed by atoms with Gasteiger partial charge in [0, 0.05) is 18.0 Å². The zero-order valence-electron chi connectivity index (χ0n) is 13.8. The van der Waals surface area contributed by atoms with Gasteiger partial charge in [0.1, 0.15) is 11.6 Å². The maximum Gasteiger partial charge on any atom is 0.264 e. The van der Waals surface area contributed by atoms with Crippen molar-refractivity contribution in [2.75, 3.05) is 18.9 Å². The average Bonchev–Trinajstić information content (AvgIpc) is 3.25. The molecular weight excluding hydrogens is 460 g/mol. The van der Waals surface area contributed by atoms with Crippen molar-refractivity contribution in [2.24, 2.45) is 0 Å². The van der Waals surface area contributed by atoms with Crippen LogP contribution in [0.25, 0.3) is 11.3 Å². The van der Waals surface area contributed by atoms with Gasteiger partial charge >= 0.3 is 0 Å². The van der Waals surface area contributed by atoms with E-state index in [9.17, 15) is 18.4 Å². The fourth-order valence-corrected chi connectivity index (χ4v) is 4.32. The summed E-state index contributed by atoms with van der Waals surface area (Å²) in [5.41, 5.74) is 0.238. The number of aromatic nitrogens is 1. The second-order valence-corrected chi connectivity index (χ2v) is 8.80. The van der Waals surface area contributed by atoms with Gasteiger partial charge in [0.05, 0.1) is 20.9 Å². The van der Waals surface area contributed by atoms with Gasteiger partial charge in [-0.2, -0.15) is 0 Å². The van der Waals surface area contributed by atoms with E-state index in [1.54, 1.807) is 12.1 Å². The largest absolute Gasteiger partial charge is 0.332 e. The molecule has 2 aromatic heterocycles. The SMILES string of the molecule is CN(CC(=O)Nc1nc(-c2cc(F)ccc2F)cs1)C(=O)c1ccc(Br)s1. The smallest absolute Gasteiger partial charge is 0.264 e. The van der Waals surface area contributed by atoms with Crippen LogP contribution in [0.15, 0.2) is 39.5 Å². The third kappa shape index (κ3) is 4.76. The van der Waals surface area contributed by atoms with Gasteiger partial charge in [-0.05, 0) is 46.3 Å². The highest BCUT2D eigenvalue weighted by molar-refractivity contribution is 9.11. The molecule has 0 fully saturated rings. The highest BCUT2D eigenvalue weighted by Crippen LogP contribution is 2.28. The summed E-state index contributed by atoms with van der Waals surface area (Å²) < 4.78 is 27.9. The molecule has 0 aliphatic heterocycles. The van der Waals surface area contributed by atoms with E-state index >= 15 is 0 Å². The normalized spacial score (nSPS) is 10.7. The zero-order chi connectivity index (χ0) is 19.6. The second-order valence-electron chi connectivity index (χ2n) is 5.48. The predicted molar refractivity (Wildman–Crippen MR) is 105 cm³/mol.